The molecule has 6 atom stereocenters. The molecule has 0 spiro atoms. The summed E-state index contributed by atoms with van der Waals surface area (Å²) in [7, 11) is 0. The second kappa shape index (κ2) is 21.2. The van der Waals surface area contributed by atoms with E-state index in [-0.39, 0.29) is 68.9 Å². The van der Waals surface area contributed by atoms with Gasteiger partial charge in [-0.3, -0.25) is 14.9 Å². The van der Waals surface area contributed by atoms with E-state index in [2.05, 4.69) is 12.7 Å². The molecule has 8 rings (SSSR count). The summed E-state index contributed by atoms with van der Waals surface area (Å²) in [5.74, 6) is 0.999. The zero-order chi connectivity index (χ0) is 45.3. The Morgan fingerprint density at radius 3 is 2.51 bits per heavy atom. The van der Waals surface area contributed by atoms with Gasteiger partial charge in [-0.05, 0) is 104 Å². The Morgan fingerprint density at radius 1 is 0.969 bits per heavy atom. The fourth-order valence-corrected chi connectivity index (χ4v) is 11.0. The third kappa shape index (κ3) is 10.0. The first-order valence-electron chi connectivity index (χ1n) is 23.6. The van der Waals surface area contributed by atoms with Gasteiger partial charge < -0.3 is 43.6 Å². The standard InChI is InChI=1S/C51H63N3O11/c1-3-26-62-51-47(53(48(57)23-19-34-12-5-6-13-34)32-35-18-21-45-46(27-35)61-33-60-45)31-43(52-63-4-2)41-28-36(14-7-9-24-55)40(17-8-10-25-56)49(50(41)51)42-30-39(20-22-44(42)65-51)64-38-16-11-15-37(29-38)54(58)59/h3,11,15-16,18,20-22,27-30,34,36,40,47,49-50,55-56H,1,4-10,12-14,17,19,23-26,31-33H2,2H3. The van der Waals surface area contributed by atoms with Crippen LogP contribution in [0.25, 0.3) is 0 Å². The number of nitro benzene ring substituents is 1. The van der Waals surface area contributed by atoms with Crippen molar-refractivity contribution in [3.8, 4) is 28.7 Å². The first-order chi connectivity index (χ1) is 31.8. The number of hydrogen-bond donors (Lipinski definition) is 2. The Labute approximate surface area is 381 Å². The van der Waals surface area contributed by atoms with Crippen molar-refractivity contribution in [2.75, 3.05) is 33.2 Å². The molecule has 3 aliphatic carbocycles. The van der Waals surface area contributed by atoms with Gasteiger partial charge in [0.2, 0.25) is 18.5 Å². The van der Waals surface area contributed by atoms with Crippen LogP contribution in [0, 0.1) is 33.8 Å². The van der Waals surface area contributed by atoms with Crippen molar-refractivity contribution in [1.82, 2.24) is 4.90 Å². The van der Waals surface area contributed by atoms with E-state index in [1.807, 2.05) is 42.2 Å². The number of nitrogens with zero attached hydrogens (tertiary/aromatic N) is 3. The molecule has 2 saturated carbocycles. The lowest BCUT2D eigenvalue weighted by atomic mass is 9.55. The van der Waals surface area contributed by atoms with Gasteiger partial charge in [-0.2, -0.15) is 0 Å². The van der Waals surface area contributed by atoms with Crippen molar-refractivity contribution in [2.45, 2.75) is 115 Å². The third-order valence-corrected chi connectivity index (χ3v) is 13.9. The molecular weight excluding hydrogens is 831 g/mol. The van der Waals surface area contributed by atoms with Crippen LogP contribution in [0.4, 0.5) is 5.69 Å². The number of oxime groups is 1. The predicted octanol–water partition coefficient (Wildman–Crippen LogP) is 9.77. The van der Waals surface area contributed by atoms with E-state index >= 15 is 4.79 Å². The Bertz CT molecular complexity index is 2220. The van der Waals surface area contributed by atoms with Crippen LogP contribution in [0.2, 0.25) is 0 Å². The number of hydrogen-bond acceptors (Lipinski definition) is 12. The summed E-state index contributed by atoms with van der Waals surface area (Å²) in [6.07, 6.45) is 14.5. The van der Waals surface area contributed by atoms with Gasteiger partial charge in [-0.15, -0.1) is 6.58 Å². The number of benzene rings is 3. The molecule has 0 bridgehead atoms. The molecule has 1 amide bonds. The lowest BCUT2D eigenvalue weighted by molar-refractivity contribution is -0.384. The monoisotopic (exact) mass is 893 g/mol. The number of aliphatic hydroxyl groups is 2. The first kappa shape index (κ1) is 46.1. The quantitative estimate of drug-likeness (QED) is 0.0426. The Morgan fingerprint density at radius 2 is 1.74 bits per heavy atom. The number of non-ortho nitro benzene ring substituents is 1. The van der Waals surface area contributed by atoms with Crippen LogP contribution < -0.4 is 18.9 Å². The zero-order valence-electron chi connectivity index (χ0n) is 37.4. The molecule has 0 saturated heterocycles. The highest BCUT2D eigenvalue weighted by Gasteiger charge is 2.65. The van der Waals surface area contributed by atoms with E-state index < -0.39 is 22.7 Å². The summed E-state index contributed by atoms with van der Waals surface area (Å²) in [6, 6.07) is 16.9. The summed E-state index contributed by atoms with van der Waals surface area (Å²) in [6.45, 7) is 6.98. The van der Waals surface area contributed by atoms with E-state index in [0.29, 0.717) is 60.5 Å². The fourth-order valence-electron chi connectivity index (χ4n) is 11.0. The maximum absolute atomic E-state index is 15.2. The van der Waals surface area contributed by atoms with Crippen molar-refractivity contribution in [1.29, 1.82) is 0 Å². The first-order valence-corrected chi connectivity index (χ1v) is 23.6. The molecule has 2 heterocycles. The number of allylic oxidation sites excluding steroid dienone is 1. The molecule has 5 aliphatic rings. The highest BCUT2D eigenvalue weighted by atomic mass is 16.7. The van der Waals surface area contributed by atoms with Crippen LogP contribution in [-0.4, -0.2) is 76.7 Å². The number of carbonyl (C=O) groups excluding carboxylic acids is 1. The second-order valence-corrected chi connectivity index (χ2v) is 17.9. The molecule has 348 valence electrons. The van der Waals surface area contributed by atoms with Crippen LogP contribution in [0.3, 0.4) is 0 Å². The predicted molar refractivity (Wildman–Crippen MR) is 244 cm³/mol. The molecule has 14 nitrogen and oxygen atoms in total. The van der Waals surface area contributed by atoms with Gasteiger partial charge in [0.05, 0.1) is 29.2 Å². The number of ether oxygens (including phenoxy) is 5. The summed E-state index contributed by atoms with van der Waals surface area (Å²) in [5.41, 5.74) is 3.34. The molecule has 6 unspecified atom stereocenters. The largest absolute Gasteiger partial charge is 0.459 e. The molecule has 14 heteroatoms. The van der Waals surface area contributed by atoms with Gasteiger partial charge in [-0.25, -0.2) is 0 Å². The molecule has 3 aromatic carbocycles. The van der Waals surface area contributed by atoms with E-state index in [4.69, 9.17) is 33.7 Å². The average molecular weight is 894 g/mol. The highest BCUT2D eigenvalue weighted by Crippen LogP contribution is 2.62. The summed E-state index contributed by atoms with van der Waals surface area (Å²) < 4.78 is 32.5. The van der Waals surface area contributed by atoms with Crippen molar-refractivity contribution in [2.24, 2.45) is 28.8 Å². The minimum Gasteiger partial charge on any atom is -0.459 e. The van der Waals surface area contributed by atoms with Gasteiger partial charge in [0.25, 0.3) is 5.69 Å². The lowest BCUT2D eigenvalue weighted by Gasteiger charge is -2.60. The minimum absolute atomic E-state index is 0.00360. The Hall–Kier alpha value is -5.44. The van der Waals surface area contributed by atoms with E-state index in [0.717, 1.165) is 67.4 Å². The van der Waals surface area contributed by atoms with Crippen LogP contribution >= 0.6 is 0 Å². The Balaban J connectivity index is 1.31. The van der Waals surface area contributed by atoms with Crippen LogP contribution in [0.1, 0.15) is 107 Å². The number of fused-ring (bicyclic) bond motifs is 3. The van der Waals surface area contributed by atoms with Crippen molar-refractivity contribution in [3.05, 3.63) is 106 Å². The zero-order valence-corrected chi connectivity index (χ0v) is 37.4. The summed E-state index contributed by atoms with van der Waals surface area (Å²) >= 11 is 0. The fraction of sp³-hybridized carbons (Fsp3) is 0.529. The number of carbonyl (C=O) groups is 1. The van der Waals surface area contributed by atoms with E-state index in [9.17, 15) is 20.3 Å². The van der Waals surface area contributed by atoms with Crippen LogP contribution in [0.15, 0.2) is 90.1 Å². The smallest absolute Gasteiger partial charge is 0.273 e. The number of nitro groups is 1. The van der Waals surface area contributed by atoms with Crippen molar-refractivity contribution in [3.63, 3.8) is 0 Å². The van der Waals surface area contributed by atoms with Crippen molar-refractivity contribution >= 4 is 17.3 Å². The van der Waals surface area contributed by atoms with E-state index in [1.54, 1.807) is 24.3 Å². The molecule has 0 aromatic heterocycles. The van der Waals surface area contributed by atoms with Crippen LogP contribution in [0.5, 0.6) is 28.7 Å². The van der Waals surface area contributed by atoms with Gasteiger partial charge in [-0.1, -0.05) is 68.0 Å². The molecule has 3 aromatic rings. The lowest BCUT2D eigenvalue weighted by Crippen LogP contribution is -2.70. The summed E-state index contributed by atoms with van der Waals surface area (Å²) in [4.78, 5) is 34.4. The molecule has 2 fully saturated rings. The number of aliphatic hydroxyl groups excluding tert-OH is 2. The number of rotatable bonds is 22. The molecular formula is C51H63N3O11. The average Bonchev–Trinajstić information content (AvgIpc) is 4.03. The topological polar surface area (TPSA) is 172 Å². The minimum atomic E-state index is -1.43. The van der Waals surface area contributed by atoms with Gasteiger partial charge in [0.1, 0.15) is 29.9 Å². The van der Waals surface area contributed by atoms with E-state index in [1.165, 1.54) is 25.0 Å². The maximum atomic E-state index is 15.2. The molecule has 2 N–H and O–H groups in total. The molecule has 2 aliphatic heterocycles. The SMILES string of the molecule is C=CCOC12Oc3ccc(Oc4cccc([N+](=O)[O-])c4)cc3C3C(CCCCO)C(CCCCO)C=C(C(=NOCC)CC1N(Cc1ccc4c(c1)OCO4)C(=O)CCC1CCCC1)C32. The van der Waals surface area contributed by atoms with Gasteiger partial charge in [0, 0.05) is 50.1 Å². The molecule has 65 heavy (non-hydrogen) atoms. The normalized spacial score (nSPS) is 24.7. The van der Waals surface area contributed by atoms with Gasteiger partial charge in [0.15, 0.2) is 11.5 Å². The number of amides is 1. The molecule has 0 radical (unpaired) electrons. The highest BCUT2D eigenvalue weighted by molar-refractivity contribution is 6.03. The maximum Gasteiger partial charge on any atom is 0.273 e. The van der Waals surface area contributed by atoms with Gasteiger partial charge >= 0.3 is 0 Å². The van der Waals surface area contributed by atoms with Crippen LogP contribution in [-0.2, 0) is 20.9 Å². The summed E-state index contributed by atoms with van der Waals surface area (Å²) in [5, 5.41) is 36.5. The second-order valence-electron chi connectivity index (χ2n) is 17.9. The Kier molecular flexibility index (Phi) is 15.1. The third-order valence-electron chi connectivity index (χ3n) is 13.9. The van der Waals surface area contributed by atoms with Crippen molar-refractivity contribution < 1.29 is 48.5 Å². The number of unbranched alkanes of at least 4 members (excludes halogenated alkanes) is 2.